The molecule has 2 aromatic carbocycles. The summed E-state index contributed by atoms with van der Waals surface area (Å²) in [4.78, 5) is 11.3. The number of Topliss-reactive ketones (excluding diaryl/α,β-unsaturated/α-hetero) is 1. The second-order valence-corrected chi connectivity index (χ2v) is 5.39. The number of hydrogen-bond acceptors (Lipinski definition) is 2. The van der Waals surface area contributed by atoms with Crippen molar-refractivity contribution in [1.29, 1.82) is 0 Å². The molecule has 3 rings (SSSR count). The van der Waals surface area contributed by atoms with Crippen LogP contribution in [-0.4, -0.2) is 12.3 Å². The second-order valence-electron chi connectivity index (χ2n) is 5.39. The lowest BCUT2D eigenvalue weighted by atomic mass is 9.98. The maximum absolute atomic E-state index is 11.3. The Balaban J connectivity index is 1.89. The van der Waals surface area contributed by atoms with E-state index in [-0.39, 0.29) is 5.78 Å². The van der Waals surface area contributed by atoms with Crippen LogP contribution in [0.2, 0.25) is 0 Å². The summed E-state index contributed by atoms with van der Waals surface area (Å²) in [5.74, 6) is 2.80. The van der Waals surface area contributed by atoms with Crippen LogP contribution in [0.15, 0.2) is 54.2 Å². The molecule has 0 aromatic heterocycles. The molecule has 0 fully saturated rings. The maximum atomic E-state index is 11.3. The van der Waals surface area contributed by atoms with E-state index in [0.29, 0.717) is 0 Å². The molecule has 2 nitrogen and oxygen atoms in total. The molecule has 0 aliphatic carbocycles. The molecule has 1 aliphatic rings. The first kappa shape index (κ1) is 14.2. The SMILES string of the molecule is C#CC1=C(c2ccc(-c3ccc(C(C)=O)cc3)cc2)CCN1. The summed E-state index contributed by atoms with van der Waals surface area (Å²) in [5, 5.41) is 3.23. The molecule has 1 N–H and O–H groups in total. The van der Waals surface area contributed by atoms with Gasteiger partial charge in [0, 0.05) is 12.1 Å². The van der Waals surface area contributed by atoms with Crippen molar-refractivity contribution in [3.63, 3.8) is 0 Å². The fourth-order valence-corrected chi connectivity index (χ4v) is 2.73. The Bertz CT molecular complexity index is 774. The van der Waals surface area contributed by atoms with E-state index in [1.165, 1.54) is 11.1 Å². The Morgan fingerprint density at radius 3 is 2.09 bits per heavy atom. The number of carbonyl (C=O) groups is 1. The summed E-state index contributed by atoms with van der Waals surface area (Å²) in [6.07, 6.45) is 6.49. The summed E-state index contributed by atoms with van der Waals surface area (Å²) in [6, 6.07) is 16.1. The number of nitrogens with one attached hydrogen (secondary N) is 1. The van der Waals surface area contributed by atoms with Gasteiger partial charge in [0.2, 0.25) is 0 Å². The summed E-state index contributed by atoms with van der Waals surface area (Å²) in [6.45, 7) is 2.49. The van der Waals surface area contributed by atoms with Gasteiger partial charge in [0.25, 0.3) is 0 Å². The van der Waals surface area contributed by atoms with E-state index >= 15 is 0 Å². The van der Waals surface area contributed by atoms with Crippen molar-refractivity contribution < 1.29 is 4.79 Å². The number of hydrogen-bond donors (Lipinski definition) is 1. The molecule has 0 saturated heterocycles. The molecule has 1 heterocycles. The van der Waals surface area contributed by atoms with Gasteiger partial charge < -0.3 is 5.32 Å². The van der Waals surface area contributed by atoms with Gasteiger partial charge in [-0.05, 0) is 35.6 Å². The highest BCUT2D eigenvalue weighted by Gasteiger charge is 2.13. The molecule has 0 radical (unpaired) electrons. The first-order valence-electron chi connectivity index (χ1n) is 7.34. The van der Waals surface area contributed by atoms with Gasteiger partial charge >= 0.3 is 0 Å². The Hall–Kier alpha value is -2.79. The lowest BCUT2D eigenvalue weighted by Gasteiger charge is -2.06. The van der Waals surface area contributed by atoms with E-state index in [1.807, 2.05) is 24.3 Å². The zero-order valence-corrected chi connectivity index (χ0v) is 12.5. The van der Waals surface area contributed by atoms with Crippen molar-refractivity contribution >= 4 is 11.4 Å². The minimum Gasteiger partial charge on any atom is -0.378 e. The van der Waals surface area contributed by atoms with Gasteiger partial charge in [0.15, 0.2) is 5.78 Å². The van der Waals surface area contributed by atoms with Gasteiger partial charge in [0.1, 0.15) is 0 Å². The third-order valence-electron chi connectivity index (χ3n) is 3.98. The van der Waals surface area contributed by atoms with Crippen LogP contribution in [0.4, 0.5) is 0 Å². The van der Waals surface area contributed by atoms with Crippen LogP contribution in [0.1, 0.15) is 29.3 Å². The fraction of sp³-hybridized carbons (Fsp3) is 0.150. The van der Waals surface area contributed by atoms with Crippen LogP contribution in [0.5, 0.6) is 0 Å². The minimum atomic E-state index is 0.0874. The third-order valence-corrected chi connectivity index (χ3v) is 3.98. The molecule has 0 saturated carbocycles. The van der Waals surface area contributed by atoms with Gasteiger partial charge in [0.05, 0.1) is 5.70 Å². The largest absolute Gasteiger partial charge is 0.378 e. The fourth-order valence-electron chi connectivity index (χ4n) is 2.73. The predicted octanol–water partition coefficient (Wildman–Crippen LogP) is 3.89. The standard InChI is InChI=1S/C20H17NO/c1-3-20-19(12-13-21-20)18-10-8-17(9-11-18)16-6-4-15(5-7-16)14(2)22/h1,4-11,21H,12-13H2,2H3. The number of allylic oxidation sites excluding steroid dienone is 1. The minimum absolute atomic E-state index is 0.0874. The van der Waals surface area contributed by atoms with Gasteiger partial charge in [-0.25, -0.2) is 0 Å². The smallest absolute Gasteiger partial charge is 0.159 e. The predicted molar refractivity (Wildman–Crippen MR) is 90.3 cm³/mol. The molecule has 1 aliphatic heterocycles. The summed E-state index contributed by atoms with van der Waals surface area (Å²) >= 11 is 0. The van der Waals surface area contributed by atoms with Gasteiger partial charge in [-0.1, -0.05) is 54.5 Å². The topological polar surface area (TPSA) is 29.1 Å². The van der Waals surface area contributed by atoms with E-state index in [9.17, 15) is 4.79 Å². The number of terminal acetylenes is 1. The van der Waals surface area contributed by atoms with Crippen LogP contribution in [0.3, 0.4) is 0 Å². The maximum Gasteiger partial charge on any atom is 0.159 e. The lowest BCUT2D eigenvalue weighted by molar-refractivity contribution is 0.101. The van der Waals surface area contributed by atoms with Crippen LogP contribution in [0, 0.1) is 12.3 Å². The molecule has 0 unspecified atom stereocenters. The van der Waals surface area contributed by atoms with E-state index in [0.717, 1.165) is 35.4 Å². The highest BCUT2D eigenvalue weighted by Crippen LogP contribution is 2.27. The van der Waals surface area contributed by atoms with Crippen molar-refractivity contribution in [3.8, 4) is 23.5 Å². The molecule has 108 valence electrons. The molecule has 2 heteroatoms. The van der Waals surface area contributed by atoms with Crippen LogP contribution >= 0.6 is 0 Å². The van der Waals surface area contributed by atoms with Gasteiger partial charge in [-0.15, -0.1) is 6.42 Å². The van der Waals surface area contributed by atoms with Gasteiger partial charge in [-0.2, -0.15) is 0 Å². The Morgan fingerprint density at radius 1 is 1.00 bits per heavy atom. The lowest BCUT2D eigenvalue weighted by Crippen LogP contribution is -2.04. The number of carbonyl (C=O) groups excluding carboxylic acids is 1. The van der Waals surface area contributed by atoms with Crippen LogP contribution < -0.4 is 5.32 Å². The van der Waals surface area contributed by atoms with Crippen molar-refractivity contribution in [2.75, 3.05) is 6.54 Å². The molecule has 22 heavy (non-hydrogen) atoms. The highest BCUT2D eigenvalue weighted by molar-refractivity contribution is 5.94. The molecule has 0 spiro atoms. The summed E-state index contributed by atoms with van der Waals surface area (Å²) < 4.78 is 0. The molecule has 0 amide bonds. The van der Waals surface area contributed by atoms with E-state index < -0.39 is 0 Å². The van der Waals surface area contributed by atoms with Gasteiger partial charge in [-0.3, -0.25) is 4.79 Å². The zero-order chi connectivity index (χ0) is 15.5. The van der Waals surface area contributed by atoms with E-state index in [2.05, 4.69) is 35.5 Å². The quantitative estimate of drug-likeness (QED) is 0.685. The third kappa shape index (κ3) is 2.66. The van der Waals surface area contributed by atoms with Crippen LogP contribution in [-0.2, 0) is 0 Å². The van der Waals surface area contributed by atoms with E-state index in [4.69, 9.17) is 6.42 Å². The average Bonchev–Trinajstić information content (AvgIpc) is 3.04. The van der Waals surface area contributed by atoms with Crippen LogP contribution in [0.25, 0.3) is 16.7 Å². The molecule has 2 aromatic rings. The first-order chi connectivity index (χ1) is 10.7. The zero-order valence-electron chi connectivity index (χ0n) is 12.5. The molecular formula is C20H17NO. The number of rotatable bonds is 3. The molecule has 0 bridgehead atoms. The van der Waals surface area contributed by atoms with Crippen molar-refractivity contribution in [3.05, 3.63) is 65.4 Å². The summed E-state index contributed by atoms with van der Waals surface area (Å²) in [7, 11) is 0. The van der Waals surface area contributed by atoms with Crippen molar-refractivity contribution in [2.24, 2.45) is 0 Å². The Kier molecular flexibility index (Phi) is 3.80. The second kappa shape index (κ2) is 5.91. The summed E-state index contributed by atoms with van der Waals surface area (Å²) in [5.41, 5.74) is 6.25. The number of benzene rings is 2. The average molecular weight is 287 g/mol. The Labute approximate surface area is 130 Å². The highest BCUT2D eigenvalue weighted by atomic mass is 16.1. The van der Waals surface area contributed by atoms with Crippen molar-refractivity contribution in [2.45, 2.75) is 13.3 Å². The molecule has 0 atom stereocenters. The normalized spacial score (nSPS) is 13.6. The first-order valence-corrected chi connectivity index (χ1v) is 7.34. The molecular weight excluding hydrogens is 270 g/mol. The number of ketones is 1. The van der Waals surface area contributed by atoms with Crippen molar-refractivity contribution in [1.82, 2.24) is 5.32 Å². The monoisotopic (exact) mass is 287 g/mol. The van der Waals surface area contributed by atoms with E-state index in [1.54, 1.807) is 6.92 Å². The Morgan fingerprint density at radius 2 is 1.55 bits per heavy atom.